The number of nitro groups is 1. The lowest BCUT2D eigenvalue weighted by molar-refractivity contribution is -0.385. The lowest BCUT2D eigenvalue weighted by Crippen LogP contribution is -2.35. The molecule has 6 nitrogen and oxygen atoms in total. The molecule has 2 rings (SSSR count). The van der Waals surface area contributed by atoms with Crippen LogP contribution in [0.25, 0.3) is 0 Å². The highest BCUT2D eigenvalue weighted by atomic mass is 16.6. The third kappa shape index (κ3) is 2.22. The zero-order valence-electron chi connectivity index (χ0n) is 9.67. The molecule has 1 saturated heterocycles. The van der Waals surface area contributed by atoms with Crippen LogP contribution in [0, 0.1) is 10.1 Å². The first-order valence-electron chi connectivity index (χ1n) is 5.67. The van der Waals surface area contributed by atoms with E-state index in [0.717, 1.165) is 12.8 Å². The highest BCUT2D eigenvalue weighted by molar-refractivity contribution is 5.95. The Morgan fingerprint density at radius 3 is 2.72 bits per heavy atom. The van der Waals surface area contributed by atoms with Gasteiger partial charge in [-0.25, -0.2) is 0 Å². The topological polar surface area (TPSA) is 80.5 Å². The Morgan fingerprint density at radius 2 is 2.11 bits per heavy atom. The molecule has 0 aromatic heterocycles. The van der Waals surface area contributed by atoms with Crippen molar-refractivity contribution in [2.24, 2.45) is 0 Å². The Balaban J connectivity index is 2.39. The minimum Gasteiger partial charge on any atom is -0.312 e. The van der Waals surface area contributed by atoms with E-state index in [0.29, 0.717) is 24.9 Å². The van der Waals surface area contributed by atoms with Crippen LogP contribution in [0.1, 0.15) is 29.6 Å². The first kappa shape index (κ1) is 12.2. The number of anilines is 1. The monoisotopic (exact) mass is 248 g/mol. The van der Waals surface area contributed by atoms with E-state index in [1.807, 2.05) is 0 Å². The number of benzene rings is 1. The van der Waals surface area contributed by atoms with Crippen molar-refractivity contribution in [3.8, 4) is 0 Å². The minimum atomic E-state index is -0.609. The fraction of sp³-hybridized carbons (Fsp3) is 0.333. The quantitative estimate of drug-likeness (QED) is 0.465. The summed E-state index contributed by atoms with van der Waals surface area (Å²) in [6, 6.07) is 4.23. The molecule has 94 valence electrons. The molecule has 0 spiro atoms. The average Bonchev–Trinajstić information content (AvgIpc) is 2.38. The minimum absolute atomic E-state index is 0.0215. The molecule has 0 N–H and O–H groups in total. The lowest BCUT2D eigenvalue weighted by atomic mass is 10.1. The van der Waals surface area contributed by atoms with Crippen LogP contribution in [-0.4, -0.2) is 23.7 Å². The standard InChI is InChI=1S/C12H12N2O4/c15-8-9-4-5-10(7-11(9)14(17)18)13-6-2-1-3-12(13)16/h4-5,7-8H,1-3,6H2. The summed E-state index contributed by atoms with van der Waals surface area (Å²) in [5.74, 6) is -0.0330. The molecule has 1 heterocycles. The summed E-state index contributed by atoms with van der Waals surface area (Å²) in [5.41, 5.74) is 0.242. The average molecular weight is 248 g/mol. The summed E-state index contributed by atoms with van der Waals surface area (Å²) in [7, 11) is 0. The molecule has 18 heavy (non-hydrogen) atoms. The molecule has 0 radical (unpaired) electrons. The number of amides is 1. The van der Waals surface area contributed by atoms with Gasteiger partial charge in [0.05, 0.1) is 16.2 Å². The molecular formula is C12H12N2O4. The van der Waals surface area contributed by atoms with Gasteiger partial charge in [0.15, 0.2) is 6.29 Å². The van der Waals surface area contributed by atoms with E-state index in [9.17, 15) is 19.7 Å². The summed E-state index contributed by atoms with van der Waals surface area (Å²) < 4.78 is 0. The first-order valence-corrected chi connectivity index (χ1v) is 5.67. The number of rotatable bonds is 3. The Kier molecular flexibility index (Phi) is 3.36. The highest BCUT2D eigenvalue weighted by Crippen LogP contribution is 2.27. The zero-order chi connectivity index (χ0) is 13.1. The number of piperidine rings is 1. The Labute approximate surface area is 103 Å². The van der Waals surface area contributed by atoms with Crippen LogP contribution in [0.4, 0.5) is 11.4 Å². The molecule has 0 saturated carbocycles. The van der Waals surface area contributed by atoms with Crippen LogP contribution in [0.2, 0.25) is 0 Å². The number of carbonyl (C=O) groups excluding carboxylic acids is 2. The third-order valence-corrected chi connectivity index (χ3v) is 2.97. The van der Waals surface area contributed by atoms with Gasteiger partial charge in [0.25, 0.3) is 5.69 Å². The van der Waals surface area contributed by atoms with Crippen molar-refractivity contribution in [1.82, 2.24) is 0 Å². The Bertz CT molecular complexity index is 513. The lowest BCUT2D eigenvalue weighted by Gasteiger charge is -2.26. The van der Waals surface area contributed by atoms with Crippen LogP contribution in [0.15, 0.2) is 18.2 Å². The van der Waals surface area contributed by atoms with Crippen molar-refractivity contribution >= 4 is 23.6 Å². The molecule has 0 aliphatic carbocycles. The van der Waals surface area contributed by atoms with Gasteiger partial charge >= 0.3 is 0 Å². The van der Waals surface area contributed by atoms with Gasteiger partial charge in [-0.15, -0.1) is 0 Å². The summed E-state index contributed by atoms with van der Waals surface area (Å²) in [6.45, 7) is 0.566. The summed E-state index contributed by atoms with van der Waals surface area (Å²) in [6.07, 6.45) is 2.64. The fourth-order valence-electron chi connectivity index (χ4n) is 2.04. The predicted molar refractivity (Wildman–Crippen MR) is 64.7 cm³/mol. The van der Waals surface area contributed by atoms with Crippen molar-refractivity contribution in [1.29, 1.82) is 0 Å². The van der Waals surface area contributed by atoms with E-state index in [-0.39, 0.29) is 17.2 Å². The van der Waals surface area contributed by atoms with Gasteiger partial charge in [-0.05, 0) is 25.0 Å². The number of nitrogens with zero attached hydrogens (tertiary/aromatic N) is 2. The van der Waals surface area contributed by atoms with Crippen molar-refractivity contribution in [2.45, 2.75) is 19.3 Å². The molecule has 1 amide bonds. The third-order valence-electron chi connectivity index (χ3n) is 2.97. The smallest absolute Gasteiger partial charge is 0.281 e. The summed E-state index contributed by atoms with van der Waals surface area (Å²) in [4.78, 5) is 34.2. The predicted octanol–water partition coefficient (Wildman–Crippen LogP) is 1.92. The van der Waals surface area contributed by atoms with Gasteiger partial charge in [-0.2, -0.15) is 0 Å². The van der Waals surface area contributed by atoms with E-state index >= 15 is 0 Å². The number of carbonyl (C=O) groups is 2. The number of hydrogen-bond acceptors (Lipinski definition) is 4. The molecule has 1 fully saturated rings. The molecule has 1 aromatic carbocycles. The largest absolute Gasteiger partial charge is 0.312 e. The van der Waals surface area contributed by atoms with Crippen molar-refractivity contribution in [3.63, 3.8) is 0 Å². The Hall–Kier alpha value is -2.24. The molecule has 0 unspecified atom stereocenters. The van der Waals surface area contributed by atoms with Gasteiger partial charge in [0.1, 0.15) is 0 Å². The maximum absolute atomic E-state index is 11.7. The molecule has 1 aromatic rings. The molecular weight excluding hydrogens is 236 g/mol. The fourth-order valence-corrected chi connectivity index (χ4v) is 2.04. The van der Waals surface area contributed by atoms with Gasteiger partial charge in [0, 0.05) is 19.0 Å². The van der Waals surface area contributed by atoms with Gasteiger partial charge in [-0.1, -0.05) is 0 Å². The Morgan fingerprint density at radius 1 is 1.33 bits per heavy atom. The van der Waals surface area contributed by atoms with Crippen LogP contribution in [-0.2, 0) is 4.79 Å². The molecule has 0 bridgehead atoms. The van der Waals surface area contributed by atoms with Crippen molar-refractivity contribution < 1.29 is 14.5 Å². The van der Waals surface area contributed by atoms with E-state index < -0.39 is 4.92 Å². The van der Waals surface area contributed by atoms with Crippen LogP contribution < -0.4 is 4.90 Å². The van der Waals surface area contributed by atoms with Crippen LogP contribution >= 0.6 is 0 Å². The van der Waals surface area contributed by atoms with Gasteiger partial charge in [-0.3, -0.25) is 19.7 Å². The SMILES string of the molecule is O=Cc1ccc(N2CCCCC2=O)cc1[N+](=O)[O-]. The maximum atomic E-state index is 11.7. The second-order valence-corrected chi connectivity index (χ2v) is 4.12. The van der Waals surface area contributed by atoms with E-state index in [4.69, 9.17) is 0 Å². The molecule has 0 atom stereocenters. The summed E-state index contributed by atoms with van der Waals surface area (Å²) in [5, 5.41) is 10.8. The highest BCUT2D eigenvalue weighted by Gasteiger charge is 2.22. The van der Waals surface area contributed by atoms with E-state index in [1.54, 1.807) is 6.07 Å². The zero-order valence-corrected chi connectivity index (χ0v) is 9.67. The van der Waals surface area contributed by atoms with Crippen LogP contribution in [0.3, 0.4) is 0 Å². The second-order valence-electron chi connectivity index (χ2n) is 4.12. The first-order chi connectivity index (χ1) is 8.63. The van der Waals surface area contributed by atoms with Gasteiger partial charge < -0.3 is 4.90 Å². The number of nitro benzene ring substituents is 1. The second kappa shape index (κ2) is 4.95. The number of hydrogen-bond donors (Lipinski definition) is 0. The normalized spacial score (nSPS) is 15.6. The van der Waals surface area contributed by atoms with E-state index in [1.165, 1.54) is 17.0 Å². The molecule has 6 heteroatoms. The molecule has 1 aliphatic heterocycles. The van der Waals surface area contributed by atoms with Gasteiger partial charge in [0.2, 0.25) is 5.91 Å². The van der Waals surface area contributed by atoms with Crippen molar-refractivity contribution in [3.05, 3.63) is 33.9 Å². The maximum Gasteiger partial charge on any atom is 0.281 e. The van der Waals surface area contributed by atoms with Crippen LogP contribution in [0.5, 0.6) is 0 Å². The number of aldehydes is 1. The van der Waals surface area contributed by atoms with E-state index in [2.05, 4.69) is 0 Å². The van der Waals surface area contributed by atoms with Crippen molar-refractivity contribution in [2.75, 3.05) is 11.4 Å². The molecule has 1 aliphatic rings. The summed E-state index contributed by atoms with van der Waals surface area (Å²) >= 11 is 0.